The van der Waals surface area contributed by atoms with E-state index in [1.165, 1.54) is 0 Å². The number of nitrogens with one attached hydrogen (secondary N) is 1. The van der Waals surface area contributed by atoms with Gasteiger partial charge < -0.3 is 4.74 Å². The van der Waals surface area contributed by atoms with Gasteiger partial charge in [-0.2, -0.15) is 0 Å². The summed E-state index contributed by atoms with van der Waals surface area (Å²) < 4.78 is 4.86. The normalized spacial score (nSPS) is 34.2. The number of rotatable bonds is 2. The standard InChI is InChI=1S/C8H13Cl2NO2/c1-2-13-7(12)8(10)4-3-5-11-6(8)9/h6,11H,2-5H2,1H3. The van der Waals surface area contributed by atoms with Gasteiger partial charge in [-0.15, -0.1) is 23.2 Å². The van der Waals surface area contributed by atoms with E-state index in [1.54, 1.807) is 6.92 Å². The zero-order chi connectivity index (χ0) is 9.90. The molecule has 0 saturated carbocycles. The molecular weight excluding hydrogens is 213 g/mol. The van der Waals surface area contributed by atoms with Crippen LogP contribution in [0.2, 0.25) is 0 Å². The topological polar surface area (TPSA) is 38.3 Å². The first-order valence-electron chi connectivity index (χ1n) is 4.35. The molecule has 2 unspecified atom stereocenters. The molecule has 2 atom stereocenters. The molecule has 0 aromatic heterocycles. The van der Waals surface area contributed by atoms with Crippen LogP contribution in [0.5, 0.6) is 0 Å². The lowest BCUT2D eigenvalue weighted by Crippen LogP contribution is -2.53. The van der Waals surface area contributed by atoms with Crippen molar-refractivity contribution in [1.29, 1.82) is 0 Å². The van der Waals surface area contributed by atoms with E-state index in [4.69, 9.17) is 27.9 Å². The lowest BCUT2D eigenvalue weighted by molar-refractivity contribution is -0.147. The molecule has 1 rings (SSSR count). The van der Waals surface area contributed by atoms with Gasteiger partial charge in [0.1, 0.15) is 5.50 Å². The Balaban J connectivity index is 2.65. The van der Waals surface area contributed by atoms with Crippen molar-refractivity contribution in [2.75, 3.05) is 13.2 Å². The van der Waals surface area contributed by atoms with Gasteiger partial charge in [0.25, 0.3) is 0 Å². The van der Waals surface area contributed by atoms with Crippen molar-refractivity contribution >= 4 is 29.2 Å². The molecule has 5 heteroatoms. The van der Waals surface area contributed by atoms with E-state index in [2.05, 4.69) is 5.32 Å². The fraction of sp³-hybridized carbons (Fsp3) is 0.875. The number of carbonyl (C=O) groups excluding carboxylic acids is 1. The third kappa shape index (κ3) is 2.27. The van der Waals surface area contributed by atoms with Gasteiger partial charge in [-0.1, -0.05) is 0 Å². The van der Waals surface area contributed by atoms with E-state index < -0.39 is 16.3 Å². The summed E-state index contributed by atoms with van der Waals surface area (Å²) in [7, 11) is 0. The van der Waals surface area contributed by atoms with Crippen LogP contribution in [0.4, 0.5) is 0 Å². The minimum Gasteiger partial charge on any atom is -0.465 e. The van der Waals surface area contributed by atoms with Crippen LogP contribution in [0.25, 0.3) is 0 Å². The Morgan fingerprint density at radius 2 is 2.46 bits per heavy atom. The quantitative estimate of drug-likeness (QED) is 0.440. The van der Waals surface area contributed by atoms with Crippen molar-refractivity contribution in [2.24, 2.45) is 0 Å². The second kappa shape index (κ2) is 4.49. The number of esters is 1. The van der Waals surface area contributed by atoms with Gasteiger partial charge in [-0.3, -0.25) is 10.1 Å². The molecule has 1 aliphatic heterocycles. The number of hydrogen-bond donors (Lipinski definition) is 1. The molecule has 0 aromatic carbocycles. The molecule has 0 aliphatic carbocycles. The fourth-order valence-corrected chi connectivity index (χ4v) is 1.89. The molecule has 0 radical (unpaired) electrons. The Kier molecular flexibility index (Phi) is 3.83. The molecule has 3 nitrogen and oxygen atoms in total. The lowest BCUT2D eigenvalue weighted by atomic mass is 9.98. The zero-order valence-corrected chi connectivity index (χ0v) is 8.99. The van der Waals surface area contributed by atoms with E-state index in [-0.39, 0.29) is 0 Å². The summed E-state index contributed by atoms with van der Waals surface area (Å²) in [5.41, 5.74) is -0.540. The van der Waals surface area contributed by atoms with Crippen molar-refractivity contribution in [3.63, 3.8) is 0 Å². The maximum atomic E-state index is 11.5. The predicted molar refractivity (Wildman–Crippen MR) is 52.1 cm³/mol. The Labute approximate surface area is 87.7 Å². The molecule has 0 spiro atoms. The molecule has 0 aromatic rings. The molecule has 0 amide bonds. The molecule has 1 saturated heterocycles. The van der Waals surface area contributed by atoms with E-state index >= 15 is 0 Å². The second-order valence-electron chi connectivity index (χ2n) is 3.00. The van der Waals surface area contributed by atoms with E-state index in [0.29, 0.717) is 13.0 Å². The number of piperidine rings is 1. The molecule has 1 heterocycles. The van der Waals surface area contributed by atoms with E-state index in [0.717, 1.165) is 13.0 Å². The average molecular weight is 226 g/mol. The highest BCUT2D eigenvalue weighted by molar-refractivity contribution is 6.40. The van der Waals surface area contributed by atoms with Crippen LogP contribution in [-0.4, -0.2) is 29.5 Å². The maximum Gasteiger partial charge on any atom is 0.330 e. The largest absolute Gasteiger partial charge is 0.465 e. The van der Waals surface area contributed by atoms with Gasteiger partial charge in [0.15, 0.2) is 4.87 Å². The second-order valence-corrected chi connectivity index (χ2v) is 4.11. The molecule has 76 valence electrons. The molecule has 0 bridgehead atoms. The zero-order valence-electron chi connectivity index (χ0n) is 7.48. The van der Waals surface area contributed by atoms with Crippen LogP contribution in [0, 0.1) is 0 Å². The fourth-order valence-electron chi connectivity index (χ4n) is 1.32. The number of carbonyl (C=O) groups is 1. The number of hydrogen-bond acceptors (Lipinski definition) is 3. The maximum absolute atomic E-state index is 11.5. The Bertz CT molecular complexity index is 201. The highest BCUT2D eigenvalue weighted by atomic mass is 35.5. The smallest absolute Gasteiger partial charge is 0.330 e. The summed E-state index contributed by atoms with van der Waals surface area (Å²) in [6.07, 6.45) is 1.40. The van der Waals surface area contributed by atoms with Crippen molar-refractivity contribution < 1.29 is 9.53 Å². The molecule has 1 fully saturated rings. The number of halogens is 2. The van der Waals surface area contributed by atoms with Gasteiger partial charge in [0.2, 0.25) is 0 Å². The van der Waals surface area contributed by atoms with Crippen LogP contribution in [0.1, 0.15) is 19.8 Å². The van der Waals surface area contributed by atoms with Crippen LogP contribution in [0.3, 0.4) is 0 Å². The van der Waals surface area contributed by atoms with E-state index in [1.807, 2.05) is 0 Å². The highest BCUT2D eigenvalue weighted by Crippen LogP contribution is 2.32. The first kappa shape index (κ1) is 11.1. The average Bonchev–Trinajstić information content (AvgIpc) is 2.11. The van der Waals surface area contributed by atoms with Crippen molar-refractivity contribution in [3.8, 4) is 0 Å². The summed E-state index contributed by atoms with van der Waals surface area (Å²) in [6.45, 7) is 2.87. The van der Waals surface area contributed by atoms with Crippen LogP contribution >= 0.6 is 23.2 Å². The molecule has 1 aliphatic rings. The Hall–Kier alpha value is 0.01000. The van der Waals surface area contributed by atoms with Gasteiger partial charge in [0.05, 0.1) is 6.61 Å². The third-order valence-corrected chi connectivity index (χ3v) is 3.26. The van der Waals surface area contributed by atoms with Crippen LogP contribution < -0.4 is 5.32 Å². The van der Waals surface area contributed by atoms with E-state index in [9.17, 15) is 4.79 Å². The number of alkyl halides is 2. The van der Waals surface area contributed by atoms with Gasteiger partial charge >= 0.3 is 5.97 Å². The van der Waals surface area contributed by atoms with Crippen molar-refractivity contribution in [1.82, 2.24) is 5.32 Å². The summed E-state index contributed by atoms with van der Waals surface area (Å²) in [4.78, 5) is 10.4. The SMILES string of the molecule is CCOC(=O)C1(Cl)CCCNC1Cl. The summed E-state index contributed by atoms with van der Waals surface area (Å²) in [5, 5.41) is 2.94. The van der Waals surface area contributed by atoms with Gasteiger partial charge in [0, 0.05) is 0 Å². The Morgan fingerprint density at radius 1 is 1.77 bits per heavy atom. The number of ether oxygens (including phenoxy) is 1. The first-order chi connectivity index (χ1) is 6.11. The van der Waals surface area contributed by atoms with Crippen molar-refractivity contribution in [3.05, 3.63) is 0 Å². The van der Waals surface area contributed by atoms with Crippen molar-refractivity contribution in [2.45, 2.75) is 30.1 Å². The van der Waals surface area contributed by atoms with Gasteiger partial charge in [-0.25, -0.2) is 0 Å². The molecular formula is C8H13Cl2NO2. The minimum absolute atomic E-state index is 0.330. The Morgan fingerprint density at radius 3 is 3.00 bits per heavy atom. The van der Waals surface area contributed by atoms with Crippen LogP contribution in [-0.2, 0) is 9.53 Å². The summed E-state index contributed by atoms with van der Waals surface area (Å²) >= 11 is 12.0. The molecule has 13 heavy (non-hydrogen) atoms. The highest BCUT2D eigenvalue weighted by Gasteiger charge is 2.46. The summed E-state index contributed by atoms with van der Waals surface area (Å²) in [6, 6.07) is 0. The van der Waals surface area contributed by atoms with Gasteiger partial charge in [-0.05, 0) is 26.3 Å². The minimum atomic E-state index is -1.09. The molecule has 1 N–H and O–H groups in total. The predicted octanol–water partition coefficient (Wildman–Crippen LogP) is 1.48. The monoisotopic (exact) mass is 225 g/mol. The third-order valence-electron chi connectivity index (χ3n) is 2.06. The summed E-state index contributed by atoms with van der Waals surface area (Å²) in [5.74, 6) is -0.427. The first-order valence-corrected chi connectivity index (χ1v) is 5.16. The van der Waals surface area contributed by atoms with Crippen LogP contribution in [0.15, 0.2) is 0 Å². The lowest BCUT2D eigenvalue weighted by Gasteiger charge is -2.33.